The number of fused-ring (bicyclic) bond motifs is 1. The molecule has 1 aromatic carbocycles. The van der Waals surface area contributed by atoms with Crippen molar-refractivity contribution in [3.8, 4) is 0 Å². The fourth-order valence-electron chi connectivity index (χ4n) is 3.22. The van der Waals surface area contributed by atoms with Gasteiger partial charge in [0.25, 0.3) is 0 Å². The van der Waals surface area contributed by atoms with Crippen LogP contribution in [-0.2, 0) is 13.1 Å². The van der Waals surface area contributed by atoms with E-state index < -0.39 is 0 Å². The summed E-state index contributed by atoms with van der Waals surface area (Å²) in [5.74, 6) is 0.386. The van der Waals surface area contributed by atoms with Crippen LogP contribution < -0.4 is 5.32 Å². The summed E-state index contributed by atoms with van der Waals surface area (Å²) in [6, 6.07) is 14.4. The first-order valence-electron chi connectivity index (χ1n) is 7.90. The van der Waals surface area contributed by atoms with Crippen molar-refractivity contribution in [1.82, 2.24) is 14.8 Å². The molecule has 0 unspecified atom stereocenters. The quantitative estimate of drug-likeness (QED) is 0.926. The molecule has 2 aromatic rings. The third kappa shape index (κ3) is 2.86. The highest BCUT2D eigenvalue weighted by Gasteiger charge is 2.32. The van der Waals surface area contributed by atoms with Gasteiger partial charge in [-0.15, -0.1) is 0 Å². The van der Waals surface area contributed by atoms with E-state index >= 15 is 0 Å². The highest BCUT2D eigenvalue weighted by atomic mass is 16.2. The van der Waals surface area contributed by atoms with Gasteiger partial charge in [-0.2, -0.15) is 0 Å². The normalized spacial score (nSPS) is 17.4. The molecule has 1 atom stereocenters. The molecule has 0 bridgehead atoms. The molecular formula is C18H23N3O. The second-order valence-electron chi connectivity index (χ2n) is 6.15. The summed E-state index contributed by atoms with van der Waals surface area (Å²) in [6.45, 7) is 6.53. The van der Waals surface area contributed by atoms with Crippen molar-refractivity contribution >= 4 is 6.03 Å². The van der Waals surface area contributed by atoms with E-state index in [1.807, 2.05) is 35.2 Å². The van der Waals surface area contributed by atoms with Gasteiger partial charge >= 0.3 is 6.03 Å². The molecule has 0 saturated heterocycles. The number of hydrogen-bond donors (Lipinski definition) is 1. The number of amides is 2. The second kappa shape index (κ2) is 6.26. The van der Waals surface area contributed by atoms with Crippen molar-refractivity contribution in [1.29, 1.82) is 0 Å². The first-order valence-corrected chi connectivity index (χ1v) is 7.90. The predicted molar refractivity (Wildman–Crippen MR) is 87.4 cm³/mol. The van der Waals surface area contributed by atoms with E-state index in [1.54, 1.807) is 0 Å². The van der Waals surface area contributed by atoms with Crippen molar-refractivity contribution in [3.05, 3.63) is 59.9 Å². The van der Waals surface area contributed by atoms with E-state index in [9.17, 15) is 4.79 Å². The summed E-state index contributed by atoms with van der Waals surface area (Å²) in [5.41, 5.74) is 2.36. The van der Waals surface area contributed by atoms with E-state index in [1.165, 1.54) is 5.69 Å². The maximum absolute atomic E-state index is 12.6. The van der Waals surface area contributed by atoms with Gasteiger partial charge in [-0.1, -0.05) is 44.2 Å². The molecular weight excluding hydrogens is 274 g/mol. The van der Waals surface area contributed by atoms with Gasteiger partial charge in [-0.25, -0.2) is 4.79 Å². The van der Waals surface area contributed by atoms with Gasteiger partial charge in [-0.05, 0) is 23.6 Å². The molecule has 1 aliphatic heterocycles. The lowest BCUT2D eigenvalue weighted by molar-refractivity contribution is 0.133. The summed E-state index contributed by atoms with van der Waals surface area (Å²) < 4.78 is 2.26. The zero-order valence-electron chi connectivity index (χ0n) is 13.2. The largest absolute Gasteiger partial charge is 0.348 e. The van der Waals surface area contributed by atoms with Crippen molar-refractivity contribution in [3.63, 3.8) is 0 Å². The Kier molecular flexibility index (Phi) is 4.18. The van der Waals surface area contributed by atoms with Crippen molar-refractivity contribution in [2.75, 3.05) is 6.54 Å². The van der Waals surface area contributed by atoms with E-state index in [0.29, 0.717) is 12.5 Å². The fraction of sp³-hybridized carbons (Fsp3) is 0.389. The Morgan fingerprint density at radius 3 is 2.68 bits per heavy atom. The minimum absolute atomic E-state index is 0.0232. The number of carbonyl (C=O) groups excluding carboxylic acids is 1. The van der Waals surface area contributed by atoms with Gasteiger partial charge in [0.05, 0.1) is 6.04 Å². The van der Waals surface area contributed by atoms with E-state index in [0.717, 1.165) is 18.7 Å². The first kappa shape index (κ1) is 14.7. The average Bonchev–Trinajstić information content (AvgIpc) is 3.00. The zero-order valence-corrected chi connectivity index (χ0v) is 13.2. The molecule has 1 N–H and O–H groups in total. The van der Waals surface area contributed by atoms with Crippen LogP contribution >= 0.6 is 0 Å². The lowest BCUT2D eigenvalue weighted by Gasteiger charge is -2.39. The summed E-state index contributed by atoms with van der Waals surface area (Å²) in [6.07, 6.45) is 2.10. The molecule has 0 saturated carbocycles. The summed E-state index contributed by atoms with van der Waals surface area (Å²) >= 11 is 0. The fourth-order valence-corrected chi connectivity index (χ4v) is 3.22. The Bertz CT molecular complexity index is 633. The molecule has 1 aromatic heterocycles. The number of urea groups is 1. The third-order valence-corrected chi connectivity index (χ3v) is 4.26. The number of nitrogens with zero attached hydrogens (tertiary/aromatic N) is 2. The number of aromatic nitrogens is 1. The van der Waals surface area contributed by atoms with Crippen LogP contribution in [0.4, 0.5) is 4.79 Å². The number of nitrogens with one attached hydrogen (secondary N) is 1. The number of hydrogen-bond acceptors (Lipinski definition) is 1. The molecule has 116 valence electrons. The van der Waals surface area contributed by atoms with Gasteiger partial charge in [-0.3, -0.25) is 0 Å². The standard InChI is InChI=1S/C18H23N3O/c1-14(2)17-16-9-6-10-20(16)11-12-21(17)18(22)19-13-15-7-4-3-5-8-15/h3-10,14,17H,11-13H2,1-2H3,(H,19,22)/t17-/m0/s1. The van der Waals surface area contributed by atoms with E-state index in [4.69, 9.17) is 0 Å². The van der Waals surface area contributed by atoms with Gasteiger partial charge in [0.1, 0.15) is 0 Å². The van der Waals surface area contributed by atoms with E-state index in [-0.39, 0.29) is 12.1 Å². The van der Waals surface area contributed by atoms with Gasteiger partial charge in [0.15, 0.2) is 0 Å². The molecule has 22 heavy (non-hydrogen) atoms. The molecule has 0 radical (unpaired) electrons. The molecule has 4 nitrogen and oxygen atoms in total. The van der Waals surface area contributed by atoms with Gasteiger partial charge in [0, 0.05) is 31.5 Å². The minimum atomic E-state index is 0.0232. The Balaban J connectivity index is 1.72. The van der Waals surface area contributed by atoms with Crippen LogP contribution in [0.3, 0.4) is 0 Å². The first-order chi connectivity index (χ1) is 10.7. The molecule has 1 aliphatic rings. The van der Waals surface area contributed by atoms with Crippen LogP contribution in [0.5, 0.6) is 0 Å². The second-order valence-corrected chi connectivity index (χ2v) is 6.15. The molecule has 4 heteroatoms. The van der Waals surface area contributed by atoms with Gasteiger partial charge in [0.2, 0.25) is 0 Å². The SMILES string of the molecule is CC(C)[C@H]1c2cccn2CCN1C(=O)NCc1ccccc1. The van der Waals surface area contributed by atoms with Crippen molar-refractivity contribution < 1.29 is 4.79 Å². The van der Waals surface area contributed by atoms with Crippen LogP contribution in [-0.4, -0.2) is 22.0 Å². The van der Waals surface area contributed by atoms with Crippen molar-refractivity contribution in [2.45, 2.75) is 33.0 Å². The number of carbonyl (C=O) groups is 1. The Morgan fingerprint density at radius 1 is 1.18 bits per heavy atom. The lowest BCUT2D eigenvalue weighted by Crippen LogP contribution is -2.48. The van der Waals surface area contributed by atoms with Crippen LogP contribution in [0.2, 0.25) is 0 Å². The molecule has 0 aliphatic carbocycles. The average molecular weight is 297 g/mol. The number of rotatable bonds is 3. The molecule has 2 amide bonds. The van der Waals surface area contributed by atoms with Gasteiger partial charge < -0.3 is 14.8 Å². The zero-order chi connectivity index (χ0) is 15.5. The minimum Gasteiger partial charge on any atom is -0.348 e. The maximum atomic E-state index is 12.6. The topological polar surface area (TPSA) is 37.3 Å². The van der Waals surface area contributed by atoms with Crippen LogP contribution in [0, 0.1) is 5.92 Å². The highest BCUT2D eigenvalue weighted by molar-refractivity contribution is 5.75. The predicted octanol–water partition coefficient (Wildman–Crippen LogP) is 3.41. The molecule has 0 fully saturated rings. The third-order valence-electron chi connectivity index (χ3n) is 4.26. The van der Waals surface area contributed by atoms with E-state index in [2.05, 4.69) is 42.1 Å². The number of benzene rings is 1. The Hall–Kier alpha value is -2.23. The highest BCUT2D eigenvalue weighted by Crippen LogP contribution is 2.32. The molecule has 0 spiro atoms. The summed E-state index contributed by atoms with van der Waals surface area (Å²) in [7, 11) is 0. The monoisotopic (exact) mass is 297 g/mol. The van der Waals surface area contributed by atoms with Crippen molar-refractivity contribution in [2.24, 2.45) is 5.92 Å². The molecule has 3 rings (SSSR count). The maximum Gasteiger partial charge on any atom is 0.318 e. The smallest absolute Gasteiger partial charge is 0.318 e. The van der Waals surface area contributed by atoms with Crippen LogP contribution in [0.1, 0.15) is 31.1 Å². The Labute approximate surface area is 131 Å². The molecule has 2 heterocycles. The van der Waals surface area contributed by atoms with Crippen LogP contribution in [0.15, 0.2) is 48.7 Å². The summed E-state index contributed by atoms with van der Waals surface area (Å²) in [4.78, 5) is 14.6. The lowest BCUT2D eigenvalue weighted by atomic mass is 9.97. The summed E-state index contributed by atoms with van der Waals surface area (Å²) in [5, 5.41) is 3.05. The Morgan fingerprint density at radius 2 is 1.95 bits per heavy atom. The van der Waals surface area contributed by atoms with Crippen LogP contribution in [0.25, 0.3) is 0 Å².